The summed E-state index contributed by atoms with van der Waals surface area (Å²) in [5.74, 6) is -11.8. The number of rotatable bonds is 37. The van der Waals surface area contributed by atoms with Crippen LogP contribution < -0.4 is 0 Å². The first-order chi connectivity index (χ1) is 50.4. The van der Waals surface area contributed by atoms with Crippen molar-refractivity contribution in [3.63, 3.8) is 0 Å². The molecule has 36 heteroatoms. The summed E-state index contributed by atoms with van der Waals surface area (Å²) < 4.78 is 141. The molecule has 0 aromatic heterocycles. The van der Waals surface area contributed by atoms with Crippen molar-refractivity contribution in [1.29, 1.82) is 0 Å². The zero-order chi connectivity index (χ0) is 79.7. The van der Waals surface area contributed by atoms with Gasteiger partial charge in [-0.25, -0.2) is 0 Å². The Hall–Kier alpha value is -7.29. The Bertz CT molecular complexity index is 2980. The number of hydrogen-bond donors (Lipinski definition) is 0. The zero-order valence-corrected chi connectivity index (χ0v) is 64.1. The molecule has 5 rings (SSSR count). The fourth-order valence-corrected chi connectivity index (χ4v) is 13.3. The van der Waals surface area contributed by atoms with Crippen molar-refractivity contribution in [1.82, 2.24) is 0 Å². The third-order valence-corrected chi connectivity index (χ3v) is 17.5. The van der Waals surface area contributed by atoms with Crippen molar-refractivity contribution in [2.24, 2.45) is 0 Å². The van der Waals surface area contributed by atoms with Gasteiger partial charge in [0, 0.05) is 89.5 Å². The molecule has 36 nitrogen and oxygen atoms in total. The van der Waals surface area contributed by atoms with Gasteiger partial charge in [0.1, 0.15) is 31.0 Å². The van der Waals surface area contributed by atoms with Gasteiger partial charge < -0.3 is 109 Å². The van der Waals surface area contributed by atoms with Crippen molar-refractivity contribution in [3.8, 4) is 0 Å². The van der Waals surface area contributed by atoms with Gasteiger partial charge in [0.2, 0.25) is 0 Å². The van der Waals surface area contributed by atoms with E-state index in [4.69, 9.17) is 109 Å². The number of hydrogen-bond acceptors (Lipinski definition) is 36. The van der Waals surface area contributed by atoms with E-state index in [0.29, 0.717) is 25.7 Å². The number of carbonyl (C=O) groups excluding carboxylic acids is 13. The molecule has 0 radical (unpaired) electrons. The van der Waals surface area contributed by atoms with Gasteiger partial charge in [-0.15, -0.1) is 0 Å². The second-order valence-electron chi connectivity index (χ2n) is 26.7. The average molecular weight is 1540 g/mol. The summed E-state index contributed by atoms with van der Waals surface area (Å²) >= 11 is 0. The Morgan fingerprint density at radius 3 is 0.963 bits per heavy atom. The van der Waals surface area contributed by atoms with E-state index in [-0.39, 0.29) is 5.97 Å². The average Bonchev–Trinajstić information content (AvgIpc) is 0.753. The molecule has 0 bridgehead atoms. The standard InChI is InChI=1S/C71H108O36/c1-19-20-26-29-49(30-27-24-22-21-23-25-28-31-51(84)85-18)102-67-66(58(95-42(11)77)53(33(2)87-67)92-39(8)74)107-70-63(99-46(15)81)59(96-43(12)78)54(35(4)90-70)104-69-64(100-47(16)82)60(106-71-65(101-48(17)83)61(97-44(13)79)56(93-40(9)75)50(103-71)32-86-37(6)72)55(36(5)89-69)105-68-62(98-45(14)80)57(94-41(10)76)52(34(3)88-68)91-38(7)73/h33-36,49-50,52-71H,19-32H2,1-18H3/t33-,34+,35+,36+,49+,50-,52+,53+,54+,55+,56-,57-,58+,59-,60-,61+,62-,63-,64-,65-,66-,67+,68+,69+,70+,71+/m1/s1. The number of carbonyl (C=O) groups is 13. The lowest BCUT2D eigenvalue weighted by Gasteiger charge is -2.52. The van der Waals surface area contributed by atoms with E-state index >= 15 is 0 Å². The predicted molar refractivity (Wildman–Crippen MR) is 356 cm³/mol. The lowest BCUT2D eigenvalue weighted by molar-refractivity contribution is -0.400. The molecule has 0 aromatic carbocycles. The molecule has 5 heterocycles. The Morgan fingerprint density at radius 2 is 0.570 bits per heavy atom. The molecule has 0 amide bonds. The number of methoxy groups -OCH3 is 1. The summed E-state index contributed by atoms with van der Waals surface area (Å²) in [7, 11) is 1.36. The largest absolute Gasteiger partial charge is 0.469 e. The highest BCUT2D eigenvalue weighted by atomic mass is 16.8. The molecule has 5 aliphatic heterocycles. The van der Waals surface area contributed by atoms with Crippen LogP contribution in [0.25, 0.3) is 0 Å². The first-order valence-electron chi connectivity index (χ1n) is 36.1. The topological polar surface area (TPSA) is 434 Å². The highest BCUT2D eigenvalue weighted by molar-refractivity contribution is 5.71. The van der Waals surface area contributed by atoms with Crippen LogP contribution in [0.2, 0.25) is 0 Å². The van der Waals surface area contributed by atoms with Crippen LogP contribution in [0.3, 0.4) is 0 Å². The minimum Gasteiger partial charge on any atom is -0.469 e. The van der Waals surface area contributed by atoms with Gasteiger partial charge in [0.15, 0.2) is 105 Å². The van der Waals surface area contributed by atoms with Crippen molar-refractivity contribution in [3.05, 3.63) is 0 Å². The molecule has 608 valence electrons. The van der Waals surface area contributed by atoms with E-state index in [1.54, 1.807) is 6.92 Å². The predicted octanol–water partition coefficient (Wildman–Crippen LogP) is 4.69. The van der Waals surface area contributed by atoms with E-state index in [2.05, 4.69) is 0 Å². The first kappa shape index (κ1) is 90.3. The molecule has 5 fully saturated rings. The van der Waals surface area contributed by atoms with E-state index in [9.17, 15) is 62.3 Å². The molecule has 0 spiro atoms. The quantitative estimate of drug-likeness (QED) is 0.0462. The number of esters is 13. The minimum absolute atomic E-state index is 0.259. The Balaban J connectivity index is 1.69. The number of unbranched alkanes of at least 4 members (excludes halogenated alkanes) is 8. The molecule has 26 atom stereocenters. The third-order valence-electron chi connectivity index (χ3n) is 17.5. The highest BCUT2D eigenvalue weighted by Crippen LogP contribution is 2.42. The maximum atomic E-state index is 13.8. The first-order valence-corrected chi connectivity index (χ1v) is 36.1. The van der Waals surface area contributed by atoms with Crippen LogP contribution in [0, 0.1) is 0 Å². The summed E-state index contributed by atoms with van der Waals surface area (Å²) in [5, 5.41) is 0. The molecular weight excluding hydrogens is 1430 g/mol. The third kappa shape index (κ3) is 28.3. The Labute approximate surface area is 621 Å². The van der Waals surface area contributed by atoms with Crippen LogP contribution >= 0.6 is 0 Å². The molecular formula is C71H108O36. The van der Waals surface area contributed by atoms with E-state index in [1.165, 1.54) is 27.9 Å². The van der Waals surface area contributed by atoms with Gasteiger partial charge in [0.05, 0.1) is 37.6 Å². The molecule has 0 aromatic rings. The van der Waals surface area contributed by atoms with Gasteiger partial charge in [-0.1, -0.05) is 64.7 Å². The highest BCUT2D eigenvalue weighted by Gasteiger charge is 2.62. The Morgan fingerprint density at radius 1 is 0.290 bits per heavy atom. The molecule has 5 aliphatic rings. The summed E-state index contributed by atoms with van der Waals surface area (Å²) in [6.45, 7) is 19.3. The SMILES string of the molecule is CCCCC[C@@H](CCCCCCCCCC(=O)OC)O[C@@H]1O[C@H](C)[C@H](OC(C)=O)[C@H](OC(C)=O)[C@H]1O[C@@H]1O[C@@H](C)[C@H](O[C@@H]2O[C@@H](C)[C@H](O[C@@H]3O[C@@H](C)[C@H](OC(C)=O)[C@@H](OC(C)=O)[C@H]3OC(C)=O)[C@@H](O[C@@H]3O[C@H](COC(C)=O)[C@@H](OC(C)=O)[C@H](OC(C)=O)[C@H]3OC(C)=O)[C@H]2OC(C)=O)[C@@H](OC(C)=O)[C@H]1OC(C)=O. The maximum Gasteiger partial charge on any atom is 0.305 e. The molecule has 0 unspecified atom stereocenters. The zero-order valence-electron chi connectivity index (χ0n) is 64.1. The van der Waals surface area contributed by atoms with Crippen molar-refractivity contribution in [2.45, 2.75) is 361 Å². The van der Waals surface area contributed by atoms with Gasteiger partial charge in [-0.2, -0.15) is 0 Å². The molecule has 0 aliphatic carbocycles. The van der Waals surface area contributed by atoms with Crippen molar-refractivity contribution >= 4 is 77.6 Å². The van der Waals surface area contributed by atoms with Crippen molar-refractivity contribution in [2.75, 3.05) is 13.7 Å². The Kier molecular flexibility index (Phi) is 37.0. The van der Waals surface area contributed by atoms with E-state index < -0.39 is 238 Å². The van der Waals surface area contributed by atoms with Crippen LogP contribution in [0.15, 0.2) is 0 Å². The smallest absolute Gasteiger partial charge is 0.305 e. The lowest BCUT2D eigenvalue weighted by Crippen LogP contribution is -2.69. The monoisotopic (exact) mass is 1540 g/mol. The fraction of sp³-hybridized carbons (Fsp3) is 0.817. The number of ether oxygens (including phenoxy) is 23. The normalized spacial score (nSPS) is 32.9. The molecule has 107 heavy (non-hydrogen) atoms. The van der Waals surface area contributed by atoms with Crippen LogP contribution in [0.4, 0.5) is 0 Å². The summed E-state index contributed by atoms with van der Waals surface area (Å²) in [6, 6.07) is 0. The van der Waals surface area contributed by atoms with Gasteiger partial charge in [-0.3, -0.25) is 62.3 Å². The summed E-state index contributed by atoms with van der Waals surface area (Å²) in [4.78, 5) is 169. The van der Waals surface area contributed by atoms with Crippen LogP contribution in [0.5, 0.6) is 0 Å². The van der Waals surface area contributed by atoms with Gasteiger partial charge in [-0.05, 0) is 47.0 Å². The van der Waals surface area contributed by atoms with E-state index in [1.807, 2.05) is 6.92 Å². The molecule has 5 saturated heterocycles. The van der Waals surface area contributed by atoms with Gasteiger partial charge in [0.25, 0.3) is 0 Å². The minimum atomic E-state index is -2.13. The van der Waals surface area contributed by atoms with Gasteiger partial charge >= 0.3 is 77.6 Å². The van der Waals surface area contributed by atoms with Crippen LogP contribution in [-0.4, -0.2) is 251 Å². The van der Waals surface area contributed by atoms with E-state index in [0.717, 1.165) is 141 Å². The van der Waals surface area contributed by atoms with Crippen LogP contribution in [0.1, 0.15) is 201 Å². The van der Waals surface area contributed by atoms with Crippen LogP contribution in [-0.2, 0) is 171 Å². The maximum absolute atomic E-state index is 13.8. The summed E-state index contributed by atoms with van der Waals surface area (Å²) in [5.41, 5.74) is 0. The second kappa shape index (κ2) is 43.8. The second-order valence-corrected chi connectivity index (χ2v) is 26.7. The lowest BCUT2D eigenvalue weighted by atomic mass is 9.94. The fourth-order valence-electron chi connectivity index (χ4n) is 13.3. The summed E-state index contributed by atoms with van der Waals surface area (Å²) in [6.07, 6.45) is -33.5. The molecule has 0 saturated carbocycles. The van der Waals surface area contributed by atoms with Crippen molar-refractivity contribution < 1.29 is 171 Å². The molecule has 0 N–H and O–H groups in total.